The zero-order valence-electron chi connectivity index (χ0n) is 11.1. The van der Waals surface area contributed by atoms with E-state index in [4.69, 9.17) is 9.84 Å². The van der Waals surface area contributed by atoms with Crippen LogP contribution in [0.2, 0.25) is 0 Å². The fraction of sp³-hybridized carbons (Fsp3) is 0.615. The Kier molecular flexibility index (Phi) is 3.99. The number of nitrogens with zero attached hydrogens (tertiary/aromatic N) is 1. The second-order valence-electron chi connectivity index (χ2n) is 4.90. The van der Waals surface area contributed by atoms with Gasteiger partial charge < -0.3 is 14.8 Å². The SMILES string of the molecule is CCOC1CC(Cc2nc(C)c(C(=O)O)c(=O)[nH]2)C1. The number of aromatic carboxylic acids is 1. The number of ether oxygens (including phenoxy) is 1. The molecule has 1 aromatic heterocycles. The minimum atomic E-state index is -1.24. The van der Waals surface area contributed by atoms with Crippen molar-refractivity contribution in [1.29, 1.82) is 0 Å². The third kappa shape index (κ3) is 3.01. The van der Waals surface area contributed by atoms with Crippen molar-refractivity contribution in [3.05, 3.63) is 27.4 Å². The van der Waals surface area contributed by atoms with Gasteiger partial charge >= 0.3 is 5.97 Å². The zero-order chi connectivity index (χ0) is 14.0. The molecule has 0 spiro atoms. The first-order valence-corrected chi connectivity index (χ1v) is 6.46. The van der Waals surface area contributed by atoms with Gasteiger partial charge in [-0.1, -0.05) is 0 Å². The van der Waals surface area contributed by atoms with Gasteiger partial charge in [-0.05, 0) is 32.6 Å². The van der Waals surface area contributed by atoms with Crippen LogP contribution in [0.1, 0.15) is 41.6 Å². The third-order valence-corrected chi connectivity index (χ3v) is 3.44. The van der Waals surface area contributed by atoms with Crippen molar-refractivity contribution in [2.45, 2.75) is 39.2 Å². The molecular formula is C13H18N2O4. The molecule has 0 atom stereocenters. The van der Waals surface area contributed by atoms with Gasteiger partial charge in [0, 0.05) is 13.0 Å². The van der Waals surface area contributed by atoms with Crippen molar-refractivity contribution < 1.29 is 14.6 Å². The van der Waals surface area contributed by atoms with Crippen molar-refractivity contribution in [1.82, 2.24) is 9.97 Å². The molecule has 0 saturated heterocycles. The Morgan fingerprint density at radius 1 is 1.53 bits per heavy atom. The molecule has 6 nitrogen and oxygen atoms in total. The molecule has 1 fully saturated rings. The third-order valence-electron chi connectivity index (χ3n) is 3.44. The maximum atomic E-state index is 11.7. The Labute approximate surface area is 110 Å². The van der Waals surface area contributed by atoms with Gasteiger partial charge in [0.2, 0.25) is 0 Å². The Morgan fingerprint density at radius 2 is 2.21 bits per heavy atom. The second-order valence-corrected chi connectivity index (χ2v) is 4.90. The van der Waals surface area contributed by atoms with Gasteiger partial charge in [0.05, 0.1) is 11.8 Å². The first-order chi connectivity index (χ1) is 9.01. The molecule has 0 radical (unpaired) electrons. The summed E-state index contributed by atoms with van der Waals surface area (Å²) in [4.78, 5) is 29.3. The molecule has 2 N–H and O–H groups in total. The maximum absolute atomic E-state index is 11.7. The minimum absolute atomic E-state index is 0.270. The highest BCUT2D eigenvalue weighted by molar-refractivity contribution is 5.88. The standard InChI is InChI=1S/C13H18N2O4/c1-3-19-9-4-8(5-9)6-10-14-7(2)11(13(17)18)12(16)15-10/h8-9H,3-6H2,1-2H3,(H,17,18)(H,14,15,16). The number of aromatic nitrogens is 2. The largest absolute Gasteiger partial charge is 0.477 e. The van der Waals surface area contributed by atoms with E-state index in [-0.39, 0.29) is 11.3 Å². The molecular weight excluding hydrogens is 248 g/mol. The van der Waals surface area contributed by atoms with Gasteiger partial charge in [-0.25, -0.2) is 9.78 Å². The number of aromatic amines is 1. The minimum Gasteiger partial charge on any atom is -0.477 e. The molecule has 0 bridgehead atoms. The van der Waals surface area contributed by atoms with Crippen LogP contribution in [0.3, 0.4) is 0 Å². The smallest absolute Gasteiger partial charge is 0.343 e. The molecule has 104 valence electrons. The van der Waals surface area contributed by atoms with E-state index >= 15 is 0 Å². The number of hydrogen-bond donors (Lipinski definition) is 2. The van der Waals surface area contributed by atoms with E-state index < -0.39 is 11.5 Å². The van der Waals surface area contributed by atoms with Crippen LogP contribution in [-0.4, -0.2) is 33.8 Å². The lowest BCUT2D eigenvalue weighted by Crippen LogP contribution is -2.34. The summed E-state index contributed by atoms with van der Waals surface area (Å²) in [7, 11) is 0. The van der Waals surface area contributed by atoms with Crippen molar-refractivity contribution in [2.24, 2.45) is 5.92 Å². The Hall–Kier alpha value is -1.69. The monoisotopic (exact) mass is 266 g/mol. The van der Waals surface area contributed by atoms with Crippen molar-refractivity contribution >= 4 is 5.97 Å². The topological polar surface area (TPSA) is 92.3 Å². The van der Waals surface area contributed by atoms with Crippen molar-refractivity contribution in [3.8, 4) is 0 Å². The number of carbonyl (C=O) groups is 1. The molecule has 1 aliphatic carbocycles. The number of hydrogen-bond acceptors (Lipinski definition) is 4. The lowest BCUT2D eigenvalue weighted by Gasteiger charge is -2.34. The number of carboxylic acids is 1. The van der Waals surface area contributed by atoms with Gasteiger partial charge in [0.1, 0.15) is 11.4 Å². The number of rotatable bonds is 5. The van der Waals surface area contributed by atoms with Gasteiger partial charge in [-0.15, -0.1) is 0 Å². The molecule has 2 rings (SSSR count). The van der Waals surface area contributed by atoms with Crippen LogP contribution in [0.5, 0.6) is 0 Å². The highest BCUT2D eigenvalue weighted by Crippen LogP contribution is 2.32. The second kappa shape index (κ2) is 5.52. The molecule has 0 aromatic carbocycles. The highest BCUT2D eigenvalue weighted by atomic mass is 16.5. The van der Waals surface area contributed by atoms with E-state index in [0.29, 0.717) is 24.3 Å². The molecule has 0 unspecified atom stereocenters. The van der Waals surface area contributed by atoms with Crippen LogP contribution in [0.25, 0.3) is 0 Å². The maximum Gasteiger partial charge on any atom is 0.343 e. The molecule has 6 heteroatoms. The van der Waals surface area contributed by atoms with E-state index in [1.165, 1.54) is 0 Å². The predicted octanol–water partition coefficient (Wildman–Crippen LogP) is 1.13. The van der Waals surface area contributed by atoms with Crippen LogP contribution < -0.4 is 5.56 Å². The summed E-state index contributed by atoms with van der Waals surface area (Å²) in [5.41, 5.74) is -0.577. The lowest BCUT2D eigenvalue weighted by atomic mass is 9.80. The zero-order valence-corrected chi connectivity index (χ0v) is 11.1. The van der Waals surface area contributed by atoms with Crippen LogP contribution in [0.15, 0.2) is 4.79 Å². The summed E-state index contributed by atoms with van der Waals surface area (Å²) in [5.74, 6) is -0.222. The van der Waals surface area contributed by atoms with Crippen LogP contribution in [0, 0.1) is 12.8 Å². The molecule has 1 aliphatic rings. The molecule has 0 amide bonds. The van der Waals surface area contributed by atoms with Crippen molar-refractivity contribution in [3.63, 3.8) is 0 Å². The number of H-pyrrole nitrogens is 1. The summed E-state index contributed by atoms with van der Waals surface area (Å²) >= 11 is 0. The van der Waals surface area contributed by atoms with Gasteiger partial charge in [-0.2, -0.15) is 0 Å². The number of aryl methyl sites for hydroxylation is 1. The van der Waals surface area contributed by atoms with E-state index in [9.17, 15) is 9.59 Å². The van der Waals surface area contributed by atoms with Crippen molar-refractivity contribution in [2.75, 3.05) is 6.61 Å². The van der Waals surface area contributed by atoms with Gasteiger partial charge in [0.25, 0.3) is 5.56 Å². The first-order valence-electron chi connectivity index (χ1n) is 6.46. The fourth-order valence-corrected chi connectivity index (χ4v) is 2.48. The number of nitrogens with one attached hydrogen (secondary N) is 1. The van der Waals surface area contributed by atoms with E-state index in [1.54, 1.807) is 6.92 Å². The highest BCUT2D eigenvalue weighted by Gasteiger charge is 2.30. The number of carboxylic acid groups (broad SMARTS) is 1. The van der Waals surface area contributed by atoms with E-state index in [1.807, 2.05) is 6.92 Å². The molecule has 1 aromatic rings. The normalized spacial score (nSPS) is 22.0. The Balaban J connectivity index is 2.03. The van der Waals surface area contributed by atoms with Crippen LogP contribution >= 0.6 is 0 Å². The molecule has 19 heavy (non-hydrogen) atoms. The predicted molar refractivity (Wildman–Crippen MR) is 68.4 cm³/mol. The summed E-state index contributed by atoms with van der Waals surface area (Å²) in [5, 5.41) is 8.89. The molecule has 1 heterocycles. The Bertz CT molecular complexity index is 532. The summed E-state index contributed by atoms with van der Waals surface area (Å²) in [6, 6.07) is 0. The van der Waals surface area contributed by atoms with Crippen LogP contribution in [0.4, 0.5) is 0 Å². The Morgan fingerprint density at radius 3 is 2.74 bits per heavy atom. The first kappa shape index (κ1) is 13.7. The van der Waals surface area contributed by atoms with E-state index in [0.717, 1.165) is 19.4 Å². The quantitative estimate of drug-likeness (QED) is 0.833. The summed E-state index contributed by atoms with van der Waals surface area (Å²) < 4.78 is 5.47. The average Bonchev–Trinajstić information content (AvgIpc) is 2.24. The van der Waals surface area contributed by atoms with Gasteiger partial charge in [-0.3, -0.25) is 4.79 Å². The van der Waals surface area contributed by atoms with Crippen LogP contribution in [-0.2, 0) is 11.2 Å². The summed E-state index contributed by atoms with van der Waals surface area (Å²) in [6.07, 6.45) is 2.93. The summed E-state index contributed by atoms with van der Waals surface area (Å²) in [6.45, 7) is 4.24. The van der Waals surface area contributed by atoms with Gasteiger partial charge in [0.15, 0.2) is 0 Å². The average molecular weight is 266 g/mol. The fourth-order valence-electron chi connectivity index (χ4n) is 2.48. The van der Waals surface area contributed by atoms with E-state index in [2.05, 4.69) is 9.97 Å². The molecule has 0 aliphatic heterocycles. The molecule has 1 saturated carbocycles. The lowest BCUT2D eigenvalue weighted by molar-refractivity contribution is -0.0245.